The van der Waals surface area contributed by atoms with Gasteiger partial charge in [-0.2, -0.15) is 0 Å². The molecule has 0 saturated heterocycles. The van der Waals surface area contributed by atoms with Crippen LogP contribution in [0, 0.1) is 0 Å². The summed E-state index contributed by atoms with van der Waals surface area (Å²) in [7, 11) is 4.62. The Morgan fingerprint density at radius 3 is 2.20 bits per heavy atom. The van der Waals surface area contributed by atoms with Crippen LogP contribution in [-0.2, 0) is 9.53 Å². The molecule has 0 amide bonds. The van der Waals surface area contributed by atoms with Gasteiger partial charge in [0.15, 0.2) is 11.5 Å². The van der Waals surface area contributed by atoms with Crippen LogP contribution in [0.15, 0.2) is 18.2 Å². The van der Waals surface area contributed by atoms with Crippen molar-refractivity contribution < 1.29 is 23.7 Å². The number of benzene rings is 1. The third-order valence-corrected chi connectivity index (χ3v) is 2.77. The normalized spacial score (nSPS) is 10.4. The first-order chi connectivity index (χ1) is 9.65. The van der Waals surface area contributed by atoms with E-state index in [2.05, 4.69) is 0 Å². The Morgan fingerprint density at radius 2 is 1.75 bits per heavy atom. The summed E-state index contributed by atoms with van der Waals surface area (Å²) in [4.78, 5) is 11.4. The topological polar surface area (TPSA) is 54.0 Å². The van der Waals surface area contributed by atoms with Gasteiger partial charge in [-0.3, -0.25) is 0 Å². The summed E-state index contributed by atoms with van der Waals surface area (Å²) in [6.45, 7) is 0. The van der Waals surface area contributed by atoms with Crippen molar-refractivity contribution in [1.82, 2.24) is 0 Å². The number of methoxy groups -OCH3 is 3. The minimum absolute atomic E-state index is 0.332. The largest absolute Gasteiger partial charge is 0.493 e. The Kier molecular flexibility index (Phi) is 6.79. The summed E-state index contributed by atoms with van der Waals surface area (Å²) in [5.41, 5.74) is 0.751. The molecule has 0 N–H and O–H groups in total. The van der Waals surface area contributed by atoms with Crippen molar-refractivity contribution in [2.24, 2.45) is 0 Å². The van der Waals surface area contributed by atoms with Crippen LogP contribution >= 0.6 is 11.8 Å². The summed E-state index contributed by atoms with van der Waals surface area (Å²) < 4.78 is 20.6. The summed E-state index contributed by atoms with van der Waals surface area (Å²) in [5, 5.41) is 0. The Bertz CT molecular complexity index is 459. The van der Waals surface area contributed by atoms with Crippen LogP contribution in [0.3, 0.4) is 0 Å². The standard InChI is InChI=1S/C14H18O5S/c1-16-11-7-10(5-6-13(15)19-9-20-4)8-12(17-2)14(11)18-3/h5-8H,9H2,1-4H3. The Labute approximate surface area is 122 Å². The van der Waals surface area contributed by atoms with Crippen molar-refractivity contribution in [3.8, 4) is 17.2 Å². The van der Waals surface area contributed by atoms with Crippen molar-refractivity contribution in [2.75, 3.05) is 33.5 Å². The maximum atomic E-state index is 11.4. The molecule has 0 aliphatic heterocycles. The van der Waals surface area contributed by atoms with Crippen LogP contribution in [0.1, 0.15) is 5.56 Å². The number of carbonyl (C=O) groups excluding carboxylic acids is 1. The molecule has 1 aromatic rings. The Hall–Kier alpha value is -1.82. The summed E-state index contributed by atoms with van der Waals surface area (Å²) in [6, 6.07) is 3.50. The lowest BCUT2D eigenvalue weighted by molar-refractivity contribution is -0.135. The van der Waals surface area contributed by atoms with Gasteiger partial charge < -0.3 is 18.9 Å². The monoisotopic (exact) mass is 298 g/mol. The average molecular weight is 298 g/mol. The zero-order valence-electron chi connectivity index (χ0n) is 12.0. The molecule has 0 aromatic heterocycles. The van der Waals surface area contributed by atoms with Crippen molar-refractivity contribution in [3.05, 3.63) is 23.8 Å². The number of thioether (sulfide) groups is 1. The lowest BCUT2D eigenvalue weighted by Crippen LogP contribution is -1.99. The minimum Gasteiger partial charge on any atom is -0.493 e. The van der Waals surface area contributed by atoms with E-state index in [0.29, 0.717) is 23.2 Å². The van der Waals surface area contributed by atoms with Crippen LogP contribution in [-0.4, -0.2) is 39.5 Å². The van der Waals surface area contributed by atoms with E-state index in [-0.39, 0.29) is 0 Å². The number of hydrogen-bond donors (Lipinski definition) is 0. The van der Waals surface area contributed by atoms with Gasteiger partial charge >= 0.3 is 5.97 Å². The smallest absolute Gasteiger partial charge is 0.331 e. The maximum absolute atomic E-state index is 11.4. The molecule has 0 aliphatic rings. The first kappa shape index (κ1) is 16.2. The second kappa shape index (κ2) is 8.37. The van der Waals surface area contributed by atoms with Crippen LogP contribution in [0.5, 0.6) is 17.2 Å². The molecule has 0 heterocycles. The zero-order chi connectivity index (χ0) is 15.0. The van der Waals surface area contributed by atoms with Gasteiger partial charge in [0.1, 0.15) is 5.94 Å². The molecule has 1 rings (SSSR count). The van der Waals surface area contributed by atoms with Gasteiger partial charge in [-0.15, -0.1) is 11.8 Å². The van der Waals surface area contributed by atoms with E-state index in [1.807, 2.05) is 6.26 Å². The second-order valence-corrected chi connectivity index (χ2v) is 4.47. The van der Waals surface area contributed by atoms with Gasteiger partial charge in [0.25, 0.3) is 0 Å². The highest BCUT2D eigenvalue weighted by Crippen LogP contribution is 2.38. The van der Waals surface area contributed by atoms with E-state index in [1.54, 1.807) is 18.2 Å². The van der Waals surface area contributed by atoms with Gasteiger partial charge in [0.05, 0.1) is 21.3 Å². The number of carbonyl (C=O) groups is 1. The average Bonchev–Trinajstić information content (AvgIpc) is 2.49. The predicted octanol–water partition coefficient (Wildman–Crippen LogP) is 2.59. The van der Waals surface area contributed by atoms with Gasteiger partial charge in [-0.25, -0.2) is 4.79 Å². The first-order valence-electron chi connectivity index (χ1n) is 5.80. The van der Waals surface area contributed by atoms with E-state index < -0.39 is 5.97 Å². The molecule has 5 nitrogen and oxygen atoms in total. The van der Waals surface area contributed by atoms with Crippen LogP contribution in [0.2, 0.25) is 0 Å². The van der Waals surface area contributed by atoms with Crippen LogP contribution < -0.4 is 14.2 Å². The lowest BCUT2D eigenvalue weighted by atomic mass is 10.1. The number of hydrogen-bond acceptors (Lipinski definition) is 6. The number of ether oxygens (including phenoxy) is 4. The first-order valence-corrected chi connectivity index (χ1v) is 7.19. The van der Waals surface area contributed by atoms with E-state index >= 15 is 0 Å². The van der Waals surface area contributed by atoms with Crippen molar-refractivity contribution in [1.29, 1.82) is 0 Å². The Morgan fingerprint density at radius 1 is 1.15 bits per heavy atom. The molecule has 0 aliphatic carbocycles. The molecule has 0 bridgehead atoms. The van der Waals surface area contributed by atoms with E-state index in [1.165, 1.54) is 39.2 Å². The fourth-order valence-corrected chi connectivity index (χ4v) is 1.76. The molecule has 0 spiro atoms. The molecule has 110 valence electrons. The second-order valence-electron chi connectivity index (χ2n) is 3.66. The van der Waals surface area contributed by atoms with Crippen molar-refractivity contribution in [2.45, 2.75) is 0 Å². The van der Waals surface area contributed by atoms with Crippen LogP contribution in [0.25, 0.3) is 6.08 Å². The van der Waals surface area contributed by atoms with E-state index in [9.17, 15) is 4.79 Å². The highest BCUT2D eigenvalue weighted by Gasteiger charge is 2.12. The fourth-order valence-electron chi connectivity index (χ4n) is 1.53. The van der Waals surface area contributed by atoms with Gasteiger partial charge in [-0.1, -0.05) is 0 Å². The molecule has 0 radical (unpaired) electrons. The molecule has 20 heavy (non-hydrogen) atoms. The zero-order valence-corrected chi connectivity index (χ0v) is 12.8. The molecule has 6 heteroatoms. The quantitative estimate of drug-likeness (QED) is 0.438. The third kappa shape index (κ3) is 4.38. The van der Waals surface area contributed by atoms with Crippen molar-refractivity contribution >= 4 is 23.8 Å². The minimum atomic E-state index is -0.395. The summed E-state index contributed by atoms with van der Waals surface area (Å²) in [5.74, 6) is 1.51. The molecule has 0 unspecified atom stereocenters. The highest BCUT2D eigenvalue weighted by atomic mass is 32.2. The summed E-state index contributed by atoms with van der Waals surface area (Å²) >= 11 is 1.44. The molecule has 1 aromatic carbocycles. The SMILES string of the molecule is COc1cc(C=CC(=O)OCSC)cc(OC)c1OC. The summed E-state index contributed by atoms with van der Waals surface area (Å²) in [6.07, 6.45) is 4.85. The molecule has 0 saturated carbocycles. The van der Waals surface area contributed by atoms with Crippen molar-refractivity contribution in [3.63, 3.8) is 0 Å². The predicted molar refractivity (Wildman–Crippen MR) is 79.6 cm³/mol. The van der Waals surface area contributed by atoms with E-state index in [4.69, 9.17) is 18.9 Å². The van der Waals surface area contributed by atoms with Gasteiger partial charge in [-0.05, 0) is 30.0 Å². The molecule has 0 fully saturated rings. The molecule has 0 atom stereocenters. The van der Waals surface area contributed by atoms with Gasteiger partial charge in [0, 0.05) is 6.08 Å². The maximum Gasteiger partial charge on any atom is 0.331 e. The Balaban J connectivity index is 2.96. The third-order valence-electron chi connectivity index (χ3n) is 2.42. The van der Waals surface area contributed by atoms with Gasteiger partial charge in [0.2, 0.25) is 5.75 Å². The van der Waals surface area contributed by atoms with E-state index in [0.717, 1.165) is 5.56 Å². The lowest BCUT2D eigenvalue weighted by Gasteiger charge is -2.12. The molecular weight excluding hydrogens is 280 g/mol. The number of rotatable bonds is 7. The fraction of sp³-hybridized carbons (Fsp3) is 0.357. The number of esters is 1. The molecular formula is C14H18O5S. The van der Waals surface area contributed by atoms with Crippen LogP contribution in [0.4, 0.5) is 0 Å². The highest BCUT2D eigenvalue weighted by molar-refractivity contribution is 7.98.